The number of halogens is 1. The third kappa shape index (κ3) is 4.96. The van der Waals surface area contributed by atoms with Gasteiger partial charge in [-0.25, -0.2) is 13.1 Å². The zero-order chi connectivity index (χ0) is 14.6. The summed E-state index contributed by atoms with van der Waals surface area (Å²) >= 11 is 0. The Balaban J connectivity index is 0.00000220. The molecule has 0 radical (unpaired) electrons. The summed E-state index contributed by atoms with van der Waals surface area (Å²) in [5.74, 6) is -0.117. The maximum atomic E-state index is 12.1. The molecule has 0 saturated carbocycles. The predicted octanol–water partition coefficient (Wildman–Crippen LogP) is 0.485. The minimum Gasteiger partial charge on any atom is -0.366 e. The highest BCUT2D eigenvalue weighted by Gasteiger charge is 2.18. The molecule has 1 saturated heterocycles. The first kappa shape index (κ1) is 17.9. The molecular weight excluding hydrogens is 314 g/mol. The third-order valence-electron chi connectivity index (χ3n) is 3.44. The number of benzene rings is 1. The molecule has 1 amide bonds. The van der Waals surface area contributed by atoms with E-state index < -0.39 is 15.9 Å². The Hall–Kier alpha value is -1.15. The van der Waals surface area contributed by atoms with Crippen LogP contribution >= 0.6 is 12.4 Å². The topological polar surface area (TPSA) is 101 Å². The summed E-state index contributed by atoms with van der Waals surface area (Å²) in [7, 11) is -3.59. The number of sulfonamides is 1. The molecule has 118 valence electrons. The van der Waals surface area contributed by atoms with E-state index in [-0.39, 0.29) is 22.9 Å². The van der Waals surface area contributed by atoms with Crippen molar-refractivity contribution in [2.45, 2.75) is 17.7 Å². The molecule has 0 bridgehead atoms. The zero-order valence-electron chi connectivity index (χ0n) is 11.5. The zero-order valence-corrected chi connectivity index (χ0v) is 13.2. The second-order valence-corrected chi connectivity index (χ2v) is 6.70. The number of hydrogen-bond acceptors (Lipinski definition) is 4. The van der Waals surface area contributed by atoms with E-state index in [1.807, 2.05) is 0 Å². The summed E-state index contributed by atoms with van der Waals surface area (Å²) < 4.78 is 26.8. The van der Waals surface area contributed by atoms with Crippen molar-refractivity contribution in [3.05, 3.63) is 29.8 Å². The van der Waals surface area contributed by atoms with Gasteiger partial charge in [-0.3, -0.25) is 4.79 Å². The summed E-state index contributed by atoms with van der Waals surface area (Å²) in [6, 6.07) is 5.74. The molecule has 1 aliphatic heterocycles. The standard InChI is InChI=1S/C13H19N3O3S.ClH/c14-13(17)11-2-1-3-12(8-11)20(18,19)16-7-5-10-4-6-15-9-10;/h1-3,8,10,15-16H,4-7,9H2,(H2,14,17);1H. The van der Waals surface area contributed by atoms with Crippen LogP contribution in [0.25, 0.3) is 0 Å². The van der Waals surface area contributed by atoms with Crippen LogP contribution < -0.4 is 15.8 Å². The van der Waals surface area contributed by atoms with Crippen LogP contribution in [0, 0.1) is 5.92 Å². The predicted molar refractivity (Wildman–Crippen MR) is 83.0 cm³/mol. The first-order valence-electron chi connectivity index (χ1n) is 6.59. The first-order chi connectivity index (χ1) is 9.49. The number of rotatable bonds is 6. The van der Waals surface area contributed by atoms with Crippen molar-refractivity contribution in [3.8, 4) is 0 Å². The fourth-order valence-corrected chi connectivity index (χ4v) is 3.35. The lowest BCUT2D eigenvalue weighted by Gasteiger charge is -2.10. The Bertz CT molecular complexity index is 586. The fourth-order valence-electron chi connectivity index (χ4n) is 2.26. The van der Waals surface area contributed by atoms with E-state index in [0.717, 1.165) is 25.9 Å². The highest BCUT2D eigenvalue weighted by molar-refractivity contribution is 7.89. The van der Waals surface area contributed by atoms with Crippen molar-refractivity contribution < 1.29 is 13.2 Å². The van der Waals surface area contributed by atoms with Gasteiger partial charge in [-0.1, -0.05) is 6.07 Å². The average Bonchev–Trinajstić information content (AvgIpc) is 2.92. The van der Waals surface area contributed by atoms with Gasteiger partial charge >= 0.3 is 0 Å². The number of hydrogen-bond donors (Lipinski definition) is 3. The third-order valence-corrected chi connectivity index (χ3v) is 4.89. The summed E-state index contributed by atoms with van der Waals surface area (Å²) in [4.78, 5) is 11.1. The monoisotopic (exact) mass is 333 g/mol. The lowest BCUT2D eigenvalue weighted by atomic mass is 10.1. The van der Waals surface area contributed by atoms with E-state index in [1.165, 1.54) is 24.3 Å². The molecule has 2 rings (SSSR count). The molecule has 1 fully saturated rings. The molecule has 4 N–H and O–H groups in total. The number of carbonyl (C=O) groups excluding carboxylic acids is 1. The highest BCUT2D eigenvalue weighted by Crippen LogP contribution is 2.14. The Labute approximate surface area is 130 Å². The molecular formula is C13H20ClN3O3S. The van der Waals surface area contributed by atoms with Crippen molar-refractivity contribution in [1.82, 2.24) is 10.0 Å². The molecule has 8 heteroatoms. The van der Waals surface area contributed by atoms with Gasteiger partial charge in [0, 0.05) is 12.1 Å². The van der Waals surface area contributed by atoms with Gasteiger partial charge in [0.15, 0.2) is 0 Å². The molecule has 0 spiro atoms. The van der Waals surface area contributed by atoms with Crippen LogP contribution in [-0.4, -0.2) is 34.0 Å². The van der Waals surface area contributed by atoms with Gasteiger partial charge in [0.05, 0.1) is 4.90 Å². The van der Waals surface area contributed by atoms with Gasteiger partial charge in [0.2, 0.25) is 15.9 Å². The van der Waals surface area contributed by atoms with Gasteiger partial charge in [-0.15, -0.1) is 12.4 Å². The lowest BCUT2D eigenvalue weighted by Crippen LogP contribution is -2.27. The lowest BCUT2D eigenvalue weighted by molar-refractivity contribution is 0.1000. The van der Waals surface area contributed by atoms with Crippen LogP contribution in [0.5, 0.6) is 0 Å². The fraction of sp³-hybridized carbons (Fsp3) is 0.462. The van der Waals surface area contributed by atoms with E-state index in [1.54, 1.807) is 0 Å². The van der Waals surface area contributed by atoms with Gasteiger partial charge in [0.25, 0.3) is 0 Å². The maximum Gasteiger partial charge on any atom is 0.248 e. The van der Waals surface area contributed by atoms with Crippen molar-refractivity contribution >= 4 is 28.3 Å². The van der Waals surface area contributed by atoms with Gasteiger partial charge in [0.1, 0.15) is 0 Å². The number of primary amides is 1. The van der Waals surface area contributed by atoms with Crippen LogP contribution in [0.15, 0.2) is 29.2 Å². The Kier molecular flexibility index (Phi) is 6.60. The maximum absolute atomic E-state index is 12.1. The summed E-state index contributed by atoms with van der Waals surface area (Å²) in [5, 5.41) is 3.24. The molecule has 21 heavy (non-hydrogen) atoms. The molecule has 1 aromatic carbocycles. The summed E-state index contributed by atoms with van der Waals surface area (Å²) in [6.07, 6.45) is 1.89. The second-order valence-electron chi connectivity index (χ2n) is 4.94. The normalized spacial score (nSPS) is 18.2. The van der Waals surface area contributed by atoms with Crippen molar-refractivity contribution in [1.29, 1.82) is 0 Å². The second kappa shape index (κ2) is 7.74. The molecule has 1 atom stereocenters. The van der Waals surface area contributed by atoms with Crippen LogP contribution in [0.3, 0.4) is 0 Å². The van der Waals surface area contributed by atoms with Crippen molar-refractivity contribution in [2.75, 3.05) is 19.6 Å². The number of nitrogens with two attached hydrogens (primary N) is 1. The Morgan fingerprint density at radius 1 is 1.43 bits per heavy atom. The van der Waals surface area contributed by atoms with Crippen LogP contribution in [0.2, 0.25) is 0 Å². The number of amides is 1. The Morgan fingerprint density at radius 2 is 2.19 bits per heavy atom. The average molecular weight is 334 g/mol. The van der Waals surface area contributed by atoms with Gasteiger partial charge in [-0.2, -0.15) is 0 Å². The van der Waals surface area contributed by atoms with Crippen LogP contribution in [-0.2, 0) is 10.0 Å². The number of carbonyl (C=O) groups is 1. The Morgan fingerprint density at radius 3 is 2.81 bits per heavy atom. The smallest absolute Gasteiger partial charge is 0.248 e. The van der Waals surface area contributed by atoms with E-state index in [2.05, 4.69) is 10.0 Å². The summed E-state index contributed by atoms with van der Waals surface area (Å²) in [6.45, 7) is 2.34. The summed E-state index contributed by atoms with van der Waals surface area (Å²) in [5.41, 5.74) is 5.34. The van der Waals surface area contributed by atoms with E-state index in [4.69, 9.17) is 5.73 Å². The minimum atomic E-state index is -3.59. The minimum absolute atomic E-state index is 0. The molecule has 1 unspecified atom stereocenters. The van der Waals surface area contributed by atoms with Crippen molar-refractivity contribution in [2.24, 2.45) is 11.7 Å². The quantitative estimate of drug-likeness (QED) is 0.705. The van der Waals surface area contributed by atoms with Crippen molar-refractivity contribution in [3.63, 3.8) is 0 Å². The largest absolute Gasteiger partial charge is 0.366 e. The van der Waals surface area contributed by atoms with E-state index in [9.17, 15) is 13.2 Å². The molecule has 1 aromatic rings. The van der Waals surface area contributed by atoms with Gasteiger partial charge in [-0.05, 0) is 50.0 Å². The molecule has 0 aromatic heterocycles. The van der Waals surface area contributed by atoms with E-state index in [0.29, 0.717) is 12.5 Å². The first-order valence-corrected chi connectivity index (χ1v) is 8.07. The molecule has 6 nitrogen and oxygen atoms in total. The van der Waals surface area contributed by atoms with E-state index >= 15 is 0 Å². The van der Waals surface area contributed by atoms with Gasteiger partial charge < -0.3 is 11.1 Å². The molecule has 1 heterocycles. The van der Waals surface area contributed by atoms with Crippen LogP contribution in [0.1, 0.15) is 23.2 Å². The molecule has 0 aliphatic carbocycles. The SMILES string of the molecule is Cl.NC(=O)c1cccc(S(=O)(=O)NCCC2CCNC2)c1. The highest BCUT2D eigenvalue weighted by atomic mass is 35.5. The number of nitrogens with one attached hydrogen (secondary N) is 2. The van der Waals surface area contributed by atoms with Crippen LogP contribution in [0.4, 0.5) is 0 Å². The molecule has 1 aliphatic rings.